The van der Waals surface area contributed by atoms with Gasteiger partial charge in [-0.05, 0) is 17.4 Å². The lowest BCUT2D eigenvalue weighted by molar-refractivity contribution is -0.145. The van der Waals surface area contributed by atoms with Gasteiger partial charge in [-0.1, -0.05) is 36.4 Å². The number of nitrogens with two attached hydrogens (primary N) is 1. The highest BCUT2D eigenvalue weighted by Gasteiger charge is 2.54. The molecule has 0 saturated heterocycles. The number of hydrazine groups is 1. The van der Waals surface area contributed by atoms with Crippen molar-refractivity contribution in [3.05, 3.63) is 47.4 Å². The average molecular weight is 278 g/mol. The molecule has 100 valence electrons. The summed E-state index contributed by atoms with van der Waals surface area (Å²) in [5.41, 5.74) is 2.95. The van der Waals surface area contributed by atoms with Gasteiger partial charge in [-0.15, -0.1) is 11.8 Å². The predicted octanol–water partition coefficient (Wildman–Crippen LogP) is 0.919. The van der Waals surface area contributed by atoms with Crippen molar-refractivity contribution in [2.24, 2.45) is 11.8 Å². The number of amides is 1. The average Bonchev–Trinajstić information content (AvgIpc) is 2.83. The summed E-state index contributed by atoms with van der Waals surface area (Å²) in [6.45, 7) is 0. The van der Waals surface area contributed by atoms with Crippen molar-refractivity contribution in [3.63, 3.8) is 0 Å². The van der Waals surface area contributed by atoms with Gasteiger partial charge in [-0.3, -0.25) is 15.0 Å². The van der Waals surface area contributed by atoms with Gasteiger partial charge in [-0.25, -0.2) is 5.84 Å². The summed E-state index contributed by atoms with van der Waals surface area (Å²) in [5.74, 6) is 2.84. The number of thioether (sulfide) groups is 1. The second-order valence-electron chi connectivity index (χ2n) is 4.26. The molecule has 4 N–H and O–H groups in total. The summed E-state index contributed by atoms with van der Waals surface area (Å²) in [7, 11) is 0. The second kappa shape index (κ2) is 5.46. The van der Waals surface area contributed by atoms with E-state index in [0.29, 0.717) is 6.42 Å². The first kappa shape index (κ1) is 13.6. The Balaban J connectivity index is 2.30. The van der Waals surface area contributed by atoms with Gasteiger partial charge < -0.3 is 5.11 Å². The van der Waals surface area contributed by atoms with Crippen LogP contribution >= 0.6 is 11.8 Å². The molecular formula is C13H14N2O3S. The smallest absolute Gasteiger partial charge is 0.330 e. The topological polar surface area (TPSA) is 92.4 Å². The van der Waals surface area contributed by atoms with Crippen LogP contribution in [0.5, 0.6) is 0 Å². The molecule has 1 aliphatic heterocycles. The molecule has 0 spiro atoms. The predicted molar refractivity (Wildman–Crippen MR) is 73.1 cm³/mol. The summed E-state index contributed by atoms with van der Waals surface area (Å²) in [6.07, 6.45) is 2.23. The molecule has 2 atom stereocenters. The SMILES string of the molecule is NNC(=O)C1(C(=O)O)SC=CC1Cc1ccccc1. The maximum absolute atomic E-state index is 11.9. The molecule has 5 nitrogen and oxygen atoms in total. The molecule has 19 heavy (non-hydrogen) atoms. The Morgan fingerprint density at radius 2 is 2.05 bits per heavy atom. The van der Waals surface area contributed by atoms with Crippen molar-refractivity contribution in [2.45, 2.75) is 11.2 Å². The highest BCUT2D eigenvalue weighted by atomic mass is 32.2. The van der Waals surface area contributed by atoms with Gasteiger partial charge in [0.2, 0.25) is 4.75 Å². The quantitative estimate of drug-likeness (QED) is 0.329. The van der Waals surface area contributed by atoms with Gasteiger partial charge in [0.15, 0.2) is 0 Å². The lowest BCUT2D eigenvalue weighted by Gasteiger charge is -2.28. The van der Waals surface area contributed by atoms with E-state index in [1.165, 1.54) is 0 Å². The standard InChI is InChI=1S/C13H14N2O3S/c14-15-11(16)13(12(17)18)10(6-7-19-13)8-9-4-2-1-3-5-9/h1-7,10H,8,14H2,(H,15,16)(H,17,18). The van der Waals surface area contributed by atoms with Crippen molar-refractivity contribution in [1.82, 2.24) is 5.43 Å². The van der Waals surface area contributed by atoms with Gasteiger partial charge in [0.1, 0.15) is 0 Å². The molecule has 1 heterocycles. The number of nitrogens with one attached hydrogen (secondary N) is 1. The minimum absolute atomic E-state index is 0.430. The third-order valence-corrected chi connectivity index (χ3v) is 4.50. The van der Waals surface area contributed by atoms with Crippen LogP contribution in [-0.4, -0.2) is 21.7 Å². The fourth-order valence-electron chi connectivity index (χ4n) is 2.18. The fourth-order valence-corrected chi connectivity index (χ4v) is 3.27. The second-order valence-corrected chi connectivity index (χ2v) is 5.41. The van der Waals surface area contributed by atoms with Crippen LogP contribution < -0.4 is 11.3 Å². The van der Waals surface area contributed by atoms with Crippen molar-refractivity contribution in [2.75, 3.05) is 0 Å². The van der Waals surface area contributed by atoms with Gasteiger partial charge in [0.05, 0.1) is 0 Å². The third kappa shape index (κ3) is 2.36. The first-order valence-corrected chi connectivity index (χ1v) is 6.62. The van der Waals surface area contributed by atoms with E-state index in [1.807, 2.05) is 35.8 Å². The normalized spacial score (nSPS) is 25.2. The van der Waals surface area contributed by atoms with Crippen molar-refractivity contribution < 1.29 is 14.7 Å². The number of carbonyl (C=O) groups is 2. The van der Waals surface area contributed by atoms with Crippen LogP contribution in [0.3, 0.4) is 0 Å². The summed E-state index contributed by atoms with van der Waals surface area (Å²) in [6, 6.07) is 9.46. The maximum Gasteiger partial charge on any atom is 0.330 e. The van der Waals surface area contributed by atoms with E-state index in [2.05, 4.69) is 0 Å². The molecule has 6 heteroatoms. The first-order chi connectivity index (χ1) is 9.11. The van der Waals surface area contributed by atoms with E-state index in [1.54, 1.807) is 11.5 Å². The molecule has 1 aromatic carbocycles. The number of carboxylic acids is 1. The van der Waals surface area contributed by atoms with Gasteiger partial charge in [0, 0.05) is 5.92 Å². The number of carbonyl (C=O) groups excluding carboxylic acids is 1. The number of benzene rings is 1. The monoisotopic (exact) mass is 278 g/mol. The highest BCUT2D eigenvalue weighted by molar-refractivity contribution is 8.05. The fraction of sp³-hybridized carbons (Fsp3) is 0.231. The molecule has 1 aromatic rings. The summed E-state index contributed by atoms with van der Waals surface area (Å²) in [5, 5.41) is 11.1. The lowest BCUT2D eigenvalue weighted by Crippen LogP contribution is -2.55. The Hall–Kier alpha value is -1.79. The molecule has 1 aliphatic rings. The van der Waals surface area contributed by atoms with Gasteiger partial charge in [0.25, 0.3) is 5.91 Å². The van der Waals surface area contributed by atoms with Crippen LogP contribution in [-0.2, 0) is 16.0 Å². The Labute approximate surface area is 114 Å². The molecule has 0 fully saturated rings. The molecule has 1 amide bonds. The van der Waals surface area contributed by atoms with Crippen LogP contribution in [0.1, 0.15) is 5.56 Å². The van der Waals surface area contributed by atoms with E-state index in [4.69, 9.17) is 5.84 Å². The Kier molecular flexibility index (Phi) is 3.92. The summed E-state index contributed by atoms with van der Waals surface area (Å²) >= 11 is 0.986. The number of hydrogen-bond donors (Lipinski definition) is 3. The molecule has 0 radical (unpaired) electrons. The number of carboxylic acid groups (broad SMARTS) is 1. The minimum atomic E-state index is -1.58. The molecule has 0 aromatic heterocycles. The van der Waals surface area contributed by atoms with Crippen molar-refractivity contribution in [1.29, 1.82) is 0 Å². The van der Waals surface area contributed by atoms with Crippen molar-refractivity contribution >= 4 is 23.6 Å². The molecule has 0 aliphatic carbocycles. The number of allylic oxidation sites excluding steroid dienone is 1. The molecule has 0 saturated carbocycles. The molecule has 0 bridgehead atoms. The number of aliphatic carboxylic acids is 1. The molecule has 2 unspecified atom stereocenters. The minimum Gasteiger partial charge on any atom is -0.480 e. The number of rotatable bonds is 4. The zero-order chi connectivity index (χ0) is 13.9. The molecule has 2 rings (SSSR count). The van der Waals surface area contributed by atoms with Crippen LogP contribution in [0.2, 0.25) is 0 Å². The van der Waals surface area contributed by atoms with Crippen molar-refractivity contribution in [3.8, 4) is 0 Å². The first-order valence-electron chi connectivity index (χ1n) is 5.74. The van der Waals surface area contributed by atoms with Crippen LogP contribution in [0.15, 0.2) is 41.8 Å². The molecular weight excluding hydrogens is 264 g/mol. The Morgan fingerprint density at radius 3 is 2.63 bits per heavy atom. The van der Waals surface area contributed by atoms with Crippen LogP contribution in [0, 0.1) is 5.92 Å². The van der Waals surface area contributed by atoms with E-state index in [0.717, 1.165) is 17.3 Å². The zero-order valence-corrected chi connectivity index (χ0v) is 10.9. The van der Waals surface area contributed by atoms with E-state index >= 15 is 0 Å². The van der Waals surface area contributed by atoms with E-state index < -0.39 is 22.5 Å². The maximum atomic E-state index is 11.9. The lowest BCUT2D eigenvalue weighted by atomic mass is 9.85. The zero-order valence-electron chi connectivity index (χ0n) is 10.1. The van der Waals surface area contributed by atoms with E-state index in [9.17, 15) is 14.7 Å². The summed E-state index contributed by atoms with van der Waals surface area (Å²) < 4.78 is -1.58. The Morgan fingerprint density at radius 1 is 1.37 bits per heavy atom. The van der Waals surface area contributed by atoms with Crippen LogP contribution in [0.25, 0.3) is 0 Å². The third-order valence-electron chi connectivity index (χ3n) is 3.17. The van der Waals surface area contributed by atoms with Crippen LogP contribution in [0.4, 0.5) is 0 Å². The van der Waals surface area contributed by atoms with Gasteiger partial charge in [-0.2, -0.15) is 0 Å². The van der Waals surface area contributed by atoms with Gasteiger partial charge >= 0.3 is 5.97 Å². The Bertz CT molecular complexity index is 518. The highest BCUT2D eigenvalue weighted by Crippen LogP contribution is 2.43. The number of hydrogen-bond acceptors (Lipinski definition) is 4. The van der Waals surface area contributed by atoms with E-state index in [-0.39, 0.29) is 0 Å². The largest absolute Gasteiger partial charge is 0.480 e. The summed E-state index contributed by atoms with van der Waals surface area (Å²) in [4.78, 5) is 23.4.